The average molecular weight is 544 g/mol. The normalized spacial score (nSPS) is 10.8. The number of carbonyl (C=O) groups excluding carboxylic acids is 1. The Morgan fingerprint density at radius 2 is 1.91 bits per heavy atom. The number of nitrogens with one attached hydrogen (secondary N) is 1. The van der Waals surface area contributed by atoms with E-state index in [1.54, 1.807) is 42.1 Å². The number of benzene rings is 2. The molecule has 0 aliphatic rings. The summed E-state index contributed by atoms with van der Waals surface area (Å²) in [7, 11) is 1.53. The number of carbonyl (C=O) groups is 1. The molecule has 0 atom stereocenters. The van der Waals surface area contributed by atoms with E-state index in [9.17, 15) is 4.79 Å². The van der Waals surface area contributed by atoms with E-state index in [1.165, 1.54) is 18.9 Å². The van der Waals surface area contributed by atoms with Gasteiger partial charge < -0.3 is 14.6 Å². The first kappa shape index (κ1) is 25.8. The zero-order valence-corrected chi connectivity index (χ0v) is 21.6. The molecule has 11 heteroatoms. The minimum Gasteiger partial charge on any atom is -0.495 e. The van der Waals surface area contributed by atoms with Crippen LogP contribution >= 0.6 is 58.3 Å². The van der Waals surface area contributed by atoms with Gasteiger partial charge in [-0.25, -0.2) is 0 Å². The maximum absolute atomic E-state index is 12.5. The Morgan fingerprint density at radius 1 is 1.15 bits per heavy atom. The summed E-state index contributed by atoms with van der Waals surface area (Å²) < 4.78 is 7.21. The Balaban J connectivity index is 1.60. The topological polar surface area (TPSA) is 69.0 Å². The largest absolute Gasteiger partial charge is 0.495 e. The molecule has 0 saturated heterocycles. The Morgan fingerprint density at radius 3 is 2.64 bits per heavy atom. The van der Waals surface area contributed by atoms with Crippen LogP contribution in [0.3, 0.4) is 0 Å². The van der Waals surface area contributed by atoms with Gasteiger partial charge in [-0.05, 0) is 35.9 Å². The molecule has 33 heavy (non-hydrogen) atoms. The SMILES string of the molecule is C=CCn1c(CSCc2ccc(Cl)cc2Cl)nnc1SCC(=O)Nc1cc(Cl)ccc1OC. The number of amides is 1. The summed E-state index contributed by atoms with van der Waals surface area (Å²) in [5, 5.41) is 13.8. The molecule has 1 aromatic heterocycles. The average Bonchev–Trinajstić information content (AvgIpc) is 3.16. The molecular weight excluding hydrogens is 523 g/mol. The molecule has 0 spiro atoms. The number of ether oxygens (including phenoxy) is 1. The quantitative estimate of drug-likeness (QED) is 0.217. The van der Waals surface area contributed by atoms with Crippen LogP contribution in [0, 0.1) is 0 Å². The van der Waals surface area contributed by atoms with Crippen LogP contribution in [0.4, 0.5) is 5.69 Å². The highest BCUT2D eigenvalue weighted by atomic mass is 35.5. The minimum absolute atomic E-state index is 0.151. The van der Waals surface area contributed by atoms with Crippen LogP contribution in [-0.2, 0) is 22.8 Å². The van der Waals surface area contributed by atoms with E-state index in [4.69, 9.17) is 39.5 Å². The van der Waals surface area contributed by atoms with Crippen molar-refractivity contribution >= 4 is 69.9 Å². The summed E-state index contributed by atoms with van der Waals surface area (Å²) in [5.41, 5.74) is 1.52. The second-order valence-electron chi connectivity index (χ2n) is 6.71. The standard InChI is InChI=1S/C22H21Cl3N4O2S2/c1-3-8-29-20(12-32-11-14-4-5-15(23)9-17(14)25)27-28-22(29)33-13-21(30)26-18-10-16(24)6-7-19(18)31-2/h3-7,9-10H,1,8,11-13H2,2H3,(H,26,30). The van der Waals surface area contributed by atoms with Gasteiger partial charge in [0.05, 0.1) is 24.3 Å². The minimum atomic E-state index is -0.206. The fourth-order valence-electron chi connectivity index (χ4n) is 2.83. The molecule has 0 aliphatic carbocycles. The lowest BCUT2D eigenvalue weighted by atomic mass is 10.2. The van der Waals surface area contributed by atoms with E-state index in [0.717, 1.165) is 11.4 Å². The maximum Gasteiger partial charge on any atom is 0.234 e. The summed E-state index contributed by atoms with van der Waals surface area (Å²) in [6, 6.07) is 10.5. The lowest BCUT2D eigenvalue weighted by Crippen LogP contribution is -2.15. The Kier molecular flexibility index (Phi) is 9.82. The lowest BCUT2D eigenvalue weighted by molar-refractivity contribution is -0.113. The van der Waals surface area contributed by atoms with Gasteiger partial charge in [0.25, 0.3) is 0 Å². The van der Waals surface area contributed by atoms with E-state index in [1.807, 2.05) is 16.7 Å². The highest BCUT2D eigenvalue weighted by Gasteiger charge is 2.15. The molecule has 2 aromatic carbocycles. The number of thioether (sulfide) groups is 2. The Hall–Kier alpha value is -1.84. The molecule has 6 nitrogen and oxygen atoms in total. The highest BCUT2D eigenvalue weighted by molar-refractivity contribution is 7.99. The van der Waals surface area contributed by atoms with Gasteiger partial charge in [0.15, 0.2) is 5.16 Å². The second-order valence-corrected chi connectivity index (χ2v) is 9.92. The summed E-state index contributed by atoms with van der Waals surface area (Å²) in [4.78, 5) is 12.5. The van der Waals surface area contributed by atoms with Crippen molar-refractivity contribution in [3.8, 4) is 5.75 Å². The second kappa shape index (κ2) is 12.6. The fourth-order valence-corrected chi connectivity index (χ4v) is 5.29. The Bertz CT molecular complexity index is 1140. The van der Waals surface area contributed by atoms with Crippen molar-refractivity contribution in [3.63, 3.8) is 0 Å². The Labute approximate surface area is 216 Å². The molecular formula is C22H21Cl3N4O2S2. The van der Waals surface area contributed by atoms with Gasteiger partial charge >= 0.3 is 0 Å². The number of hydrogen-bond acceptors (Lipinski definition) is 6. The molecule has 0 aliphatic heterocycles. The van der Waals surface area contributed by atoms with Crippen LogP contribution in [-0.4, -0.2) is 33.5 Å². The van der Waals surface area contributed by atoms with Crippen molar-refractivity contribution < 1.29 is 9.53 Å². The van der Waals surface area contributed by atoms with Crippen molar-refractivity contribution in [3.05, 3.63) is 75.5 Å². The van der Waals surface area contributed by atoms with Gasteiger partial charge in [0.1, 0.15) is 11.6 Å². The van der Waals surface area contributed by atoms with Crippen LogP contribution in [0.5, 0.6) is 5.75 Å². The van der Waals surface area contributed by atoms with Crippen molar-refractivity contribution in [1.29, 1.82) is 0 Å². The van der Waals surface area contributed by atoms with Crippen LogP contribution in [0.1, 0.15) is 11.4 Å². The number of aromatic nitrogens is 3. The van der Waals surface area contributed by atoms with Gasteiger partial charge in [-0.15, -0.1) is 28.5 Å². The van der Waals surface area contributed by atoms with Crippen molar-refractivity contribution in [2.24, 2.45) is 0 Å². The molecule has 1 heterocycles. The molecule has 1 amide bonds. The smallest absolute Gasteiger partial charge is 0.234 e. The van der Waals surface area contributed by atoms with Crippen LogP contribution in [0.25, 0.3) is 0 Å². The summed E-state index contributed by atoms with van der Waals surface area (Å²) >= 11 is 21.2. The highest BCUT2D eigenvalue weighted by Crippen LogP contribution is 2.29. The van der Waals surface area contributed by atoms with E-state index < -0.39 is 0 Å². The first-order valence-corrected chi connectivity index (χ1v) is 13.0. The molecule has 0 unspecified atom stereocenters. The number of allylic oxidation sites excluding steroid dienone is 1. The third-order valence-corrected chi connectivity index (χ3v) is 7.14. The molecule has 0 radical (unpaired) electrons. The third-order valence-electron chi connectivity index (χ3n) is 4.38. The molecule has 3 aromatic rings. The van der Waals surface area contributed by atoms with E-state index >= 15 is 0 Å². The van der Waals surface area contributed by atoms with Crippen molar-refractivity contribution in [1.82, 2.24) is 14.8 Å². The van der Waals surface area contributed by atoms with Gasteiger partial charge in [0, 0.05) is 27.4 Å². The van der Waals surface area contributed by atoms with Gasteiger partial charge in [-0.1, -0.05) is 58.7 Å². The number of rotatable bonds is 11. The number of methoxy groups -OCH3 is 1. The predicted octanol–water partition coefficient (Wildman–Crippen LogP) is 6.60. The monoisotopic (exact) mass is 542 g/mol. The van der Waals surface area contributed by atoms with Crippen LogP contribution < -0.4 is 10.1 Å². The number of anilines is 1. The van der Waals surface area contributed by atoms with E-state index in [2.05, 4.69) is 22.1 Å². The van der Waals surface area contributed by atoms with Crippen molar-refractivity contribution in [2.75, 3.05) is 18.2 Å². The van der Waals surface area contributed by atoms with Crippen LogP contribution in [0.15, 0.2) is 54.2 Å². The molecule has 174 valence electrons. The third kappa shape index (κ3) is 7.32. The lowest BCUT2D eigenvalue weighted by Gasteiger charge is -2.11. The number of halogens is 3. The molecule has 0 fully saturated rings. The molecule has 0 saturated carbocycles. The molecule has 1 N–H and O–H groups in total. The molecule has 0 bridgehead atoms. The van der Waals surface area contributed by atoms with Gasteiger partial charge in [-0.2, -0.15) is 0 Å². The number of nitrogens with zero attached hydrogens (tertiary/aromatic N) is 3. The maximum atomic E-state index is 12.5. The predicted molar refractivity (Wildman–Crippen MR) is 139 cm³/mol. The van der Waals surface area contributed by atoms with Crippen molar-refractivity contribution in [2.45, 2.75) is 23.2 Å². The molecule has 3 rings (SSSR count). The first-order valence-electron chi connectivity index (χ1n) is 9.72. The van der Waals surface area contributed by atoms with Gasteiger partial charge in [-0.3, -0.25) is 4.79 Å². The number of hydrogen-bond donors (Lipinski definition) is 1. The summed E-state index contributed by atoms with van der Waals surface area (Å²) in [5.74, 6) is 2.62. The van der Waals surface area contributed by atoms with Gasteiger partial charge in [0.2, 0.25) is 5.91 Å². The summed E-state index contributed by atoms with van der Waals surface area (Å²) in [6.07, 6.45) is 1.77. The zero-order valence-electron chi connectivity index (χ0n) is 17.7. The van der Waals surface area contributed by atoms with E-state index in [-0.39, 0.29) is 11.7 Å². The summed E-state index contributed by atoms with van der Waals surface area (Å²) in [6.45, 7) is 4.35. The van der Waals surface area contributed by atoms with E-state index in [0.29, 0.717) is 49.7 Å². The zero-order chi connectivity index (χ0) is 23.8. The first-order chi connectivity index (χ1) is 15.9. The van der Waals surface area contributed by atoms with Crippen LogP contribution in [0.2, 0.25) is 15.1 Å². The fraction of sp³-hybridized carbons (Fsp3) is 0.227.